The molecule has 5 heteroatoms. The second-order valence-electron chi connectivity index (χ2n) is 10.5. The summed E-state index contributed by atoms with van der Waals surface area (Å²) in [5.41, 5.74) is 2.25. The lowest BCUT2D eigenvalue weighted by Crippen LogP contribution is -2.58. The van der Waals surface area contributed by atoms with Gasteiger partial charge in [-0.25, -0.2) is 0 Å². The summed E-state index contributed by atoms with van der Waals surface area (Å²) in [6.07, 6.45) is 5.29. The number of nitrogens with zero attached hydrogens (tertiary/aromatic N) is 1. The number of hydrogen-bond acceptors (Lipinski definition) is 3. The number of nitrogens with one attached hydrogen (secondary N) is 1. The molecule has 0 spiro atoms. The lowest BCUT2D eigenvalue weighted by molar-refractivity contribution is -0.154. The average molecular weight is 461 g/mol. The first-order valence-electron chi connectivity index (χ1n) is 12.4. The third-order valence-electron chi connectivity index (χ3n) is 7.12. The largest absolute Gasteiger partial charge is 0.482 e. The van der Waals surface area contributed by atoms with E-state index in [0.717, 1.165) is 31.2 Å². The van der Waals surface area contributed by atoms with Crippen LogP contribution in [0.1, 0.15) is 51.2 Å². The van der Waals surface area contributed by atoms with Crippen LogP contribution in [0.2, 0.25) is 0 Å². The molecule has 2 fully saturated rings. The van der Waals surface area contributed by atoms with Crippen LogP contribution >= 0.6 is 0 Å². The van der Waals surface area contributed by atoms with Gasteiger partial charge in [-0.15, -0.1) is 0 Å². The van der Waals surface area contributed by atoms with E-state index >= 15 is 0 Å². The van der Waals surface area contributed by atoms with Crippen LogP contribution in [0.25, 0.3) is 6.08 Å². The van der Waals surface area contributed by atoms with Crippen molar-refractivity contribution in [2.75, 3.05) is 13.1 Å². The second kappa shape index (κ2) is 10.5. The van der Waals surface area contributed by atoms with Crippen molar-refractivity contribution >= 4 is 17.9 Å². The predicted molar refractivity (Wildman–Crippen MR) is 135 cm³/mol. The third-order valence-corrected chi connectivity index (χ3v) is 7.12. The quantitative estimate of drug-likeness (QED) is 0.628. The number of ether oxygens (including phenoxy) is 1. The van der Waals surface area contributed by atoms with E-state index in [1.807, 2.05) is 48.5 Å². The molecule has 1 saturated heterocycles. The third kappa shape index (κ3) is 5.88. The van der Waals surface area contributed by atoms with E-state index in [9.17, 15) is 9.59 Å². The molecule has 0 bridgehead atoms. The van der Waals surface area contributed by atoms with Crippen LogP contribution in [-0.4, -0.2) is 41.9 Å². The molecule has 3 unspecified atom stereocenters. The van der Waals surface area contributed by atoms with E-state index in [0.29, 0.717) is 18.2 Å². The Balaban J connectivity index is 1.49. The SMILES string of the molecule is CC(C)(C)C1CCC2O/C(=C\c3ccccc3)C(=O)N(CC(=O)NCCc3ccccc3)C2C1. The van der Waals surface area contributed by atoms with Crippen LogP contribution in [0.15, 0.2) is 66.4 Å². The van der Waals surface area contributed by atoms with Gasteiger partial charge in [0, 0.05) is 6.54 Å². The average Bonchev–Trinajstić information content (AvgIpc) is 2.82. The number of fused-ring (bicyclic) bond motifs is 1. The lowest BCUT2D eigenvalue weighted by atomic mass is 9.69. The van der Waals surface area contributed by atoms with Crippen molar-refractivity contribution < 1.29 is 14.3 Å². The number of morpholine rings is 1. The Hall–Kier alpha value is -3.08. The molecule has 0 aromatic heterocycles. The summed E-state index contributed by atoms with van der Waals surface area (Å²) in [6.45, 7) is 7.37. The van der Waals surface area contributed by atoms with Crippen LogP contribution in [0.4, 0.5) is 0 Å². The van der Waals surface area contributed by atoms with Crippen LogP contribution in [0, 0.1) is 11.3 Å². The van der Waals surface area contributed by atoms with Gasteiger partial charge in [0.05, 0.1) is 6.04 Å². The first-order valence-corrected chi connectivity index (χ1v) is 12.4. The lowest BCUT2D eigenvalue weighted by Gasteiger charge is -2.48. The Morgan fingerprint density at radius 1 is 1.06 bits per heavy atom. The molecule has 1 aliphatic heterocycles. The molecule has 2 aliphatic rings. The van der Waals surface area contributed by atoms with E-state index in [1.54, 1.807) is 11.0 Å². The maximum Gasteiger partial charge on any atom is 0.289 e. The van der Waals surface area contributed by atoms with E-state index in [2.05, 4.69) is 38.2 Å². The molecule has 1 saturated carbocycles. The standard InChI is InChI=1S/C29H36N2O3/c1-29(2,3)23-14-15-25-24(19-23)31(20-27(32)30-17-16-21-10-6-4-7-11-21)28(33)26(34-25)18-22-12-8-5-9-13-22/h4-13,18,23-25H,14-17,19-20H2,1-3H3,(H,30,32)/b26-18-. The minimum Gasteiger partial charge on any atom is -0.482 e. The van der Waals surface area contributed by atoms with Crippen LogP contribution in [-0.2, 0) is 20.7 Å². The Labute approximate surface area is 203 Å². The number of rotatable bonds is 6. The number of carbonyl (C=O) groups excluding carboxylic acids is 2. The van der Waals surface area contributed by atoms with Crippen LogP contribution < -0.4 is 5.32 Å². The number of benzene rings is 2. The molecule has 180 valence electrons. The highest BCUT2D eigenvalue weighted by Crippen LogP contribution is 2.42. The zero-order chi connectivity index (χ0) is 24.1. The van der Waals surface area contributed by atoms with Gasteiger partial charge in [0.25, 0.3) is 5.91 Å². The van der Waals surface area contributed by atoms with Gasteiger partial charge in [-0.2, -0.15) is 0 Å². The fraction of sp³-hybridized carbons (Fsp3) is 0.448. The van der Waals surface area contributed by atoms with E-state index in [-0.39, 0.29) is 35.9 Å². The van der Waals surface area contributed by atoms with E-state index in [1.165, 1.54) is 5.56 Å². The molecular weight excluding hydrogens is 424 g/mol. The van der Waals surface area contributed by atoms with Crippen molar-refractivity contribution in [3.8, 4) is 0 Å². The van der Waals surface area contributed by atoms with Crippen molar-refractivity contribution in [1.29, 1.82) is 0 Å². The molecule has 5 nitrogen and oxygen atoms in total. The molecule has 4 rings (SSSR count). The zero-order valence-electron chi connectivity index (χ0n) is 20.5. The first kappa shape index (κ1) is 24.1. The first-order chi connectivity index (χ1) is 16.3. The molecule has 2 aromatic carbocycles. The fourth-order valence-electron chi connectivity index (χ4n) is 5.06. The van der Waals surface area contributed by atoms with Gasteiger partial charge in [0.2, 0.25) is 5.91 Å². The monoisotopic (exact) mass is 460 g/mol. The van der Waals surface area contributed by atoms with Crippen molar-refractivity contribution in [2.45, 2.75) is 58.6 Å². The molecule has 1 aliphatic carbocycles. The summed E-state index contributed by atoms with van der Waals surface area (Å²) in [5, 5.41) is 3.01. The Morgan fingerprint density at radius 2 is 1.74 bits per heavy atom. The highest BCUT2D eigenvalue weighted by molar-refractivity contribution is 5.98. The molecule has 2 aromatic rings. The fourth-order valence-corrected chi connectivity index (χ4v) is 5.06. The number of carbonyl (C=O) groups is 2. The van der Waals surface area contributed by atoms with Gasteiger partial charge >= 0.3 is 0 Å². The highest BCUT2D eigenvalue weighted by atomic mass is 16.5. The van der Waals surface area contributed by atoms with E-state index < -0.39 is 0 Å². The summed E-state index contributed by atoms with van der Waals surface area (Å²) in [6, 6.07) is 19.7. The van der Waals surface area contributed by atoms with Gasteiger partial charge in [-0.05, 0) is 54.2 Å². The van der Waals surface area contributed by atoms with E-state index in [4.69, 9.17) is 4.74 Å². The van der Waals surface area contributed by atoms with Crippen LogP contribution in [0.5, 0.6) is 0 Å². The summed E-state index contributed by atoms with van der Waals surface area (Å²) in [7, 11) is 0. The smallest absolute Gasteiger partial charge is 0.289 e. The zero-order valence-corrected chi connectivity index (χ0v) is 20.5. The Morgan fingerprint density at radius 3 is 2.41 bits per heavy atom. The number of hydrogen-bond donors (Lipinski definition) is 1. The summed E-state index contributed by atoms with van der Waals surface area (Å²) < 4.78 is 6.26. The van der Waals surface area contributed by atoms with Crippen molar-refractivity contribution in [1.82, 2.24) is 10.2 Å². The topological polar surface area (TPSA) is 58.6 Å². The summed E-state index contributed by atoms with van der Waals surface area (Å²) in [4.78, 5) is 28.2. The summed E-state index contributed by atoms with van der Waals surface area (Å²) >= 11 is 0. The molecule has 1 N–H and O–H groups in total. The Bertz CT molecular complexity index is 1010. The van der Waals surface area contributed by atoms with Crippen molar-refractivity contribution in [2.24, 2.45) is 11.3 Å². The number of amides is 2. The van der Waals surface area contributed by atoms with Gasteiger partial charge in [0.15, 0.2) is 5.76 Å². The van der Waals surface area contributed by atoms with Crippen LogP contribution in [0.3, 0.4) is 0 Å². The molecule has 0 radical (unpaired) electrons. The van der Waals surface area contributed by atoms with Gasteiger partial charge in [0.1, 0.15) is 12.6 Å². The summed E-state index contributed by atoms with van der Waals surface area (Å²) in [5.74, 6) is 0.493. The minimum absolute atomic E-state index is 0.0567. The minimum atomic E-state index is -0.196. The maximum atomic E-state index is 13.5. The van der Waals surface area contributed by atoms with Crippen molar-refractivity contribution in [3.63, 3.8) is 0 Å². The highest BCUT2D eigenvalue weighted by Gasteiger charge is 2.46. The maximum absolute atomic E-state index is 13.5. The Kier molecular flexibility index (Phi) is 7.40. The van der Waals surface area contributed by atoms with Gasteiger partial charge in [-0.3, -0.25) is 9.59 Å². The van der Waals surface area contributed by atoms with Crippen molar-refractivity contribution in [3.05, 3.63) is 77.5 Å². The van der Waals surface area contributed by atoms with Gasteiger partial charge in [-0.1, -0.05) is 81.4 Å². The molecule has 1 heterocycles. The normalized spacial score (nSPS) is 23.9. The molecule has 34 heavy (non-hydrogen) atoms. The van der Waals surface area contributed by atoms with Gasteiger partial charge < -0.3 is 15.0 Å². The molecule has 2 amide bonds. The predicted octanol–water partition coefficient (Wildman–Crippen LogP) is 4.83. The molecular formula is C29H36N2O3. The second-order valence-corrected chi connectivity index (χ2v) is 10.5. The molecule has 3 atom stereocenters.